The van der Waals surface area contributed by atoms with Crippen molar-refractivity contribution in [3.63, 3.8) is 0 Å². The number of aromatic carboxylic acids is 1. The zero-order valence-corrected chi connectivity index (χ0v) is 13.6. The average molecular weight is 316 g/mol. The molecule has 1 aromatic rings. The fraction of sp³-hybridized carbons (Fsp3) is 0.643. The van der Waals surface area contributed by atoms with Gasteiger partial charge in [-0.1, -0.05) is 26.7 Å². The number of hydrogen-bond donors (Lipinski definition) is 2. The monoisotopic (exact) mass is 316 g/mol. The second-order valence-corrected chi connectivity index (χ2v) is 6.94. The van der Waals surface area contributed by atoms with Gasteiger partial charge in [0.1, 0.15) is 10.6 Å². The summed E-state index contributed by atoms with van der Waals surface area (Å²) in [7, 11) is -3.68. The summed E-state index contributed by atoms with van der Waals surface area (Å²) in [5.74, 6) is -1.12. The SMILES string of the molecule is CCCCC(C)NS(=O)(=O)c1cc(C(=O)O)n(CCC)c1. The third-order valence-corrected chi connectivity index (χ3v) is 4.77. The maximum absolute atomic E-state index is 12.3. The van der Waals surface area contributed by atoms with Crippen LogP contribution >= 0.6 is 0 Å². The molecule has 0 bridgehead atoms. The summed E-state index contributed by atoms with van der Waals surface area (Å²) in [6.07, 6.45) is 4.83. The summed E-state index contributed by atoms with van der Waals surface area (Å²) < 4.78 is 28.6. The topological polar surface area (TPSA) is 88.4 Å². The quantitative estimate of drug-likeness (QED) is 0.732. The summed E-state index contributed by atoms with van der Waals surface area (Å²) in [5, 5.41) is 9.13. The van der Waals surface area contributed by atoms with Gasteiger partial charge in [0.25, 0.3) is 0 Å². The first-order chi connectivity index (χ1) is 9.81. The fourth-order valence-electron chi connectivity index (χ4n) is 2.14. The third kappa shape index (κ3) is 4.86. The molecular formula is C14H24N2O4S. The van der Waals surface area contributed by atoms with Crippen molar-refractivity contribution in [2.45, 2.75) is 63.9 Å². The Morgan fingerprint density at radius 1 is 1.38 bits per heavy atom. The van der Waals surface area contributed by atoms with Gasteiger partial charge in [0.2, 0.25) is 10.0 Å². The highest BCUT2D eigenvalue weighted by Gasteiger charge is 2.22. The first-order valence-corrected chi connectivity index (χ1v) is 8.76. The number of nitrogens with zero attached hydrogens (tertiary/aromatic N) is 1. The number of aryl methyl sites for hydroxylation is 1. The molecule has 2 N–H and O–H groups in total. The second kappa shape index (κ2) is 7.61. The molecule has 0 saturated heterocycles. The van der Waals surface area contributed by atoms with Crippen LogP contribution in [0, 0.1) is 0 Å². The lowest BCUT2D eigenvalue weighted by atomic mass is 10.2. The Hall–Kier alpha value is -1.34. The first-order valence-electron chi connectivity index (χ1n) is 7.27. The van der Waals surface area contributed by atoms with Crippen molar-refractivity contribution in [2.24, 2.45) is 0 Å². The molecule has 1 atom stereocenters. The number of carboxylic acid groups (broad SMARTS) is 1. The van der Waals surface area contributed by atoms with Crippen LogP contribution in [0.1, 0.15) is 56.9 Å². The Labute approximate surface area is 126 Å². The third-order valence-electron chi connectivity index (χ3n) is 3.21. The molecule has 0 fully saturated rings. The zero-order valence-electron chi connectivity index (χ0n) is 12.8. The smallest absolute Gasteiger partial charge is 0.352 e. The van der Waals surface area contributed by atoms with E-state index >= 15 is 0 Å². The number of sulfonamides is 1. The normalized spacial score (nSPS) is 13.3. The summed E-state index contributed by atoms with van der Waals surface area (Å²) in [4.78, 5) is 11.2. The highest BCUT2D eigenvalue weighted by Crippen LogP contribution is 2.16. The van der Waals surface area contributed by atoms with Crippen molar-refractivity contribution in [1.29, 1.82) is 0 Å². The molecule has 120 valence electrons. The van der Waals surface area contributed by atoms with Crippen molar-refractivity contribution in [2.75, 3.05) is 0 Å². The molecule has 0 radical (unpaired) electrons. The summed E-state index contributed by atoms with van der Waals surface area (Å²) in [6, 6.07) is 1.05. The number of carboxylic acids is 1. The maximum atomic E-state index is 12.3. The van der Waals surface area contributed by atoms with Crippen LogP contribution in [0.3, 0.4) is 0 Å². The molecule has 1 heterocycles. The highest BCUT2D eigenvalue weighted by molar-refractivity contribution is 7.89. The average Bonchev–Trinajstić information content (AvgIpc) is 2.81. The van der Waals surface area contributed by atoms with Gasteiger partial charge in [-0.25, -0.2) is 17.9 Å². The van der Waals surface area contributed by atoms with E-state index in [-0.39, 0.29) is 16.6 Å². The van der Waals surface area contributed by atoms with Gasteiger partial charge in [-0.05, 0) is 25.8 Å². The minimum Gasteiger partial charge on any atom is -0.477 e. The van der Waals surface area contributed by atoms with Crippen molar-refractivity contribution >= 4 is 16.0 Å². The number of rotatable bonds is 9. The molecule has 1 unspecified atom stereocenters. The number of aromatic nitrogens is 1. The van der Waals surface area contributed by atoms with Crippen LogP contribution in [0.15, 0.2) is 17.2 Å². The summed E-state index contributed by atoms with van der Waals surface area (Å²) in [5.41, 5.74) is -0.00145. The van der Waals surface area contributed by atoms with Crippen molar-refractivity contribution in [3.05, 3.63) is 18.0 Å². The Kier molecular flexibility index (Phi) is 6.42. The molecule has 1 aromatic heterocycles. The van der Waals surface area contributed by atoms with Crippen LogP contribution in [0.4, 0.5) is 0 Å². The van der Waals surface area contributed by atoms with E-state index in [0.717, 1.165) is 25.7 Å². The lowest BCUT2D eigenvalue weighted by Gasteiger charge is -2.12. The molecular weight excluding hydrogens is 292 g/mol. The lowest BCUT2D eigenvalue weighted by molar-refractivity contribution is 0.0685. The largest absolute Gasteiger partial charge is 0.477 e. The van der Waals surface area contributed by atoms with E-state index in [4.69, 9.17) is 5.11 Å². The zero-order chi connectivity index (χ0) is 16.0. The lowest BCUT2D eigenvalue weighted by Crippen LogP contribution is -2.32. The molecule has 0 aliphatic carbocycles. The van der Waals surface area contributed by atoms with Crippen LogP contribution in [-0.2, 0) is 16.6 Å². The minimum absolute atomic E-state index is 0.00145. The van der Waals surface area contributed by atoms with Gasteiger partial charge in [0, 0.05) is 18.8 Å². The van der Waals surface area contributed by atoms with Crippen LogP contribution in [0.2, 0.25) is 0 Å². The second-order valence-electron chi connectivity index (χ2n) is 5.22. The van der Waals surface area contributed by atoms with Gasteiger partial charge >= 0.3 is 5.97 Å². The molecule has 0 spiro atoms. The Balaban J connectivity index is 2.97. The maximum Gasteiger partial charge on any atom is 0.352 e. The number of nitrogens with one attached hydrogen (secondary N) is 1. The van der Waals surface area contributed by atoms with Gasteiger partial charge in [-0.15, -0.1) is 0 Å². The van der Waals surface area contributed by atoms with E-state index in [1.807, 2.05) is 20.8 Å². The van der Waals surface area contributed by atoms with E-state index in [1.54, 1.807) is 0 Å². The Morgan fingerprint density at radius 3 is 2.57 bits per heavy atom. The molecule has 0 aliphatic heterocycles. The highest BCUT2D eigenvalue weighted by atomic mass is 32.2. The Morgan fingerprint density at radius 2 is 2.05 bits per heavy atom. The van der Waals surface area contributed by atoms with E-state index < -0.39 is 16.0 Å². The number of unbranched alkanes of at least 4 members (excludes halogenated alkanes) is 1. The molecule has 7 heteroatoms. The van der Waals surface area contributed by atoms with E-state index in [1.165, 1.54) is 16.8 Å². The van der Waals surface area contributed by atoms with Crippen LogP contribution in [-0.4, -0.2) is 30.1 Å². The van der Waals surface area contributed by atoms with Gasteiger partial charge in [0.15, 0.2) is 0 Å². The van der Waals surface area contributed by atoms with Crippen molar-refractivity contribution in [1.82, 2.24) is 9.29 Å². The van der Waals surface area contributed by atoms with Crippen LogP contribution in [0.25, 0.3) is 0 Å². The van der Waals surface area contributed by atoms with E-state index in [9.17, 15) is 13.2 Å². The van der Waals surface area contributed by atoms with Gasteiger partial charge in [-0.3, -0.25) is 0 Å². The summed E-state index contributed by atoms with van der Waals surface area (Å²) >= 11 is 0. The first kappa shape index (κ1) is 17.7. The van der Waals surface area contributed by atoms with Crippen LogP contribution < -0.4 is 4.72 Å². The van der Waals surface area contributed by atoms with Crippen molar-refractivity contribution in [3.8, 4) is 0 Å². The van der Waals surface area contributed by atoms with E-state index in [2.05, 4.69) is 4.72 Å². The molecule has 21 heavy (non-hydrogen) atoms. The standard InChI is InChI=1S/C14H24N2O4S/c1-4-6-7-11(3)15-21(19,20)12-9-13(14(17)18)16(10-12)8-5-2/h9-11,15H,4-8H2,1-3H3,(H,17,18). The Bertz CT molecular complexity index is 578. The van der Waals surface area contributed by atoms with E-state index in [0.29, 0.717) is 6.54 Å². The molecule has 6 nitrogen and oxygen atoms in total. The molecule has 1 rings (SSSR count). The van der Waals surface area contributed by atoms with Gasteiger partial charge in [0.05, 0.1) is 0 Å². The molecule has 0 aromatic carbocycles. The minimum atomic E-state index is -3.68. The number of carbonyl (C=O) groups is 1. The van der Waals surface area contributed by atoms with Crippen molar-refractivity contribution < 1.29 is 18.3 Å². The predicted molar refractivity (Wildman–Crippen MR) is 81.0 cm³/mol. The van der Waals surface area contributed by atoms with Gasteiger partial charge < -0.3 is 9.67 Å². The van der Waals surface area contributed by atoms with Crippen LogP contribution in [0.5, 0.6) is 0 Å². The predicted octanol–water partition coefficient (Wildman–Crippen LogP) is 2.45. The number of hydrogen-bond acceptors (Lipinski definition) is 3. The summed E-state index contributed by atoms with van der Waals surface area (Å²) in [6.45, 7) is 6.24. The van der Waals surface area contributed by atoms with Gasteiger partial charge in [-0.2, -0.15) is 0 Å². The molecule has 0 aliphatic rings. The molecule has 0 saturated carbocycles. The fourth-order valence-corrected chi connectivity index (χ4v) is 3.45. The molecule has 0 amide bonds.